The fraction of sp³-hybridized carbons (Fsp3) is 0.231. The summed E-state index contributed by atoms with van der Waals surface area (Å²) in [6.45, 7) is 0.663. The summed E-state index contributed by atoms with van der Waals surface area (Å²) < 4.78 is 13.3. The maximum Gasteiger partial charge on any atom is 0.328 e. The van der Waals surface area contributed by atoms with Crippen LogP contribution in [-0.4, -0.2) is 41.3 Å². The van der Waals surface area contributed by atoms with Gasteiger partial charge < -0.3 is 15.3 Å². The molecular formula is C13H11FN2O5. The Hall–Kier alpha value is -2.77. The van der Waals surface area contributed by atoms with Crippen LogP contribution < -0.4 is 10.2 Å². The lowest BCUT2D eigenvalue weighted by Crippen LogP contribution is -2.49. The molecule has 1 aromatic rings. The Labute approximate surface area is 118 Å². The lowest BCUT2D eigenvalue weighted by molar-refractivity contribution is -0.141. The van der Waals surface area contributed by atoms with Crippen LogP contribution in [0.4, 0.5) is 10.1 Å². The third-order valence-electron chi connectivity index (χ3n) is 2.98. The van der Waals surface area contributed by atoms with Gasteiger partial charge in [0, 0.05) is 6.92 Å². The second-order valence-electron chi connectivity index (χ2n) is 4.50. The summed E-state index contributed by atoms with van der Waals surface area (Å²) in [5, 5.41) is 11.2. The maximum atomic E-state index is 13.3. The number of rotatable bonds is 4. The molecule has 1 aliphatic heterocycles. The largest absolute Gasteiger partial charge is 0.480 e. The molecule has 0 aliphatic carbocycles. The molecule has 8 heteroatoms. The number of carbonyl (C=O) groups excluding carboxylic acids is 3. The summed E-state index contributed by atoms with van der Waals surface area (Å²) in [5.74, 6) is -4.41. The van der Waals surface area contributed by atoms with Crippen LogP contribution >= 0.6 is 0 Å². The first-order valence-electron chi connectivity index (χ1n) is 5.97. The second kappa shape index (κ2) is 5.31. The molecule has 21 heavy (non-hydrogen) atoms. The van der Waals surface area contributed by atoms with Crippen LogP contribution in [0.2, 0.25) is 0 Å². The van der Waals surface area contributed by atoms with E-state index in [-0.39, 0.29) is 11.3 Å². The highest BCUT2D eigenvalue weighted by atomic mass is 19.1. The SMILES string of the molecule is CC(=O)NC(CN1C(=O)C(=O)c2ccc(F)cc21)C(=O)O. The molecule has 2 amide bonds. The number of hydrogen-bond donors (Lipinski definition) is 2. The summed E-state index contributed by atoms with van der Waals surface area (Å²) >= 11 is 0. The van der Waals surface area contributed by atoms with E-state index < -0.39 is 42.0 Å². The van der Waals surface area contributed by atoms with Gasteiger partial charge in [0.2, 0.25) is 5.91 Å². The van der Waals surface area contributed by atoms with Gasteiger partial charge in [0.15, 0.2) is 0 Å². The van der Waals surface area contributed by atoms with Gasteiger partial charge >= 0.3 is 5.97 Å². The maximum absolute atomic E-state index is 13.3. The van der Waals surface area contributed by atoms with Crippen LogP contribution in [0, 0.1) is 5.82 Å². The Kier molecular flexibility index (Phi) is 3.70. The number of fused-ring (bicyclic) bond motifs is 1. The average Bonchev–Trinajstić information content (AvgIpc) is 2.62. The van der Waals surface area contributed by atoms with Crippen LogP contribution in [0.15, 0.2) is 18.2 Å². The number of hydrogen-bond acceptors (Lipinski definition) is 4. The monoisotopic (exact) mass is 294 g/mol. The number of nitrogens with one attached hydrogen (secondary N) is 1. The van der Waals surface area contributed by atoms with Crippen molar-refractivity contribution in [3.8, 4) is 0 Å². The zero-order valence-corrected chi connectivity index (χ0v) is 10.9. The number of benzene rings is 1. The van der Waals surface area contributed by atoms with Crippen LogP contribution in [0.5, 0.6) is 0 Å². The molecule has 1 atom stereocenters. The van der Waals surface area contributed by atoms with E-state index in [9.17, 15) is 23.6 Å². The molecule has 0 radical (unpaired) electrons. The van der Waals surface area contributed by atoms with E-state index in [4.69, 9.17) is 5.11 Å². The van der Waals surface area contributed by atoms with Crippen LogP contribution in [0.25, 0.3) is 0 Å². The standard InChI is InChI=1S/C13H11FN2O5/c1-6(17)15-9(13(20)21)5-16-10-4-7(14)2-3-8(10)11(18)12(16)19/h2-4,9H,5H2,1H3,(H,15,17)(H,20,21). The first kappa shape index (κ1) is 14.6. The number of aliphatic carboxylic acids is 1. The Morgan fingerprint density at radius 1 is 1.38 bits per heavy atom. The summed E-state index contributed by atoms with van der Waals surface area (Å²) in [4.78, 5) is 46.5. The number of carboxylic acid groups (broad SMARTS) is 1. The van der Waals surface area contributed by atoms with E-state index in [0.717, 1.165) is 24.0 Å². The molecule has 2 N–H and O–H groups in total. The number of amides is 2. The molecule has 1 heterocycles. The van der Waals surface area contributed by atoms with Gasteiger partial charge in [0.1, 0.15) is 11.9 Å². The van der Waals surface area contributed by atoms with Crippen LogP contribution in [0.3, 0.4) is 0 Å². The highest BCUT2D eigenvalue weighted by molar-refractivity contribution is 6.52. The summed E-state index contributed by atoms with van der Waals surface area (Å²) in [6, 6.07) is 1.79. The molecule has 0 spiro atoms. The minimum absolute atomic E-state index is 0.00148. The molecule has 1 unspecified atom stereocenters. The van der Waals surface area contributed by atoms with Crippen molar-refractivity contribution in [1.29, 1.82) is 0 Å². The smallest absolute Gasteiger partial charge is 0.328 e. The zero-order valence-electron chi connectivity index (χ0n) is 10.9. The van der Waals surface area contributed by atoms with Crippen molar-refractivity contribution in [1.82, 2.24) is 5.32 Å². The van der Waals surface area contributed by atoms with Gasteiger partial charge in [0.05, 0.1) is 17.8 Å². The number of ketones is 1. The average molecular weight is 294 g/mol. The van der Waals surface area contributed by atoms with E-state index in [1.165, 1.54) is 6.07 Å². The van der Waals surface area contributed by atoms with E-state index in [1.54, 1.807) is 0 Å². The third kappa shape index (κ3) is 2.73. The van der Waals surface area contributed by atoms with Gasteiger partial charge in [-0.1, -0.05) is 0 Å². The molecule has 0 bridgehead atoms. The molecule has 2 rings (SSSR count). The number of halogens is 1. The minimum atomic E-state index is -1.39. The summed E-state index contributed by atoms with van der Waals surface area (Å²) in [5.41, 5.74) is 0.00923. The van der Waals surface area contributed by atoms with E-state index in [2.05, 4.69) is 5.32 Å². The van der Waals surface area contributed by atoms with Crippen molar-refractivity contribution in [2.75, 3.05) is 11.4 Å². The molecule has 110 valence electrons. The van der Waals surface area contributed by atoms with Crippen LogP contribution in [0.1, 0.15) is 17.3 Å². The number of nitrogens with zero attached hydrogens (tertiary/aromatic N) is 1. The Bertz CT molecular complexity index is 658. The molecule has 0 saturated carbocycles. The van der Waals surface area contributed by atoms with Crippen molar-refractivity contribution in [3.63, 3.8) is 0 Å². The van der Waals surface area contributed by atoms with Gasteiger partial charge in [-0.2, -0.15) is 0 Å². The number of carbonyl (C=O) groups is 4. The second-order valence-corrected chi connectivity index (χ2v) is 4.50. The quantitative estimate of drug-likeness (QED) is 0.757. The molecule has 0 aromatic heterocycles. The van der Waals surface area contributed by atoms with Gasteiger partial charge in [-0.15, -0.1) is 0 Å². The van der Waals surface area contributed by atoms with Gasteiger partial charge in [-0.25, -0.2) is 9.18 Å². The molecule has 0 fully saturated rings. The Balaban J connectivity index is 2.34. The highest BCUT2D eigenvalue weighted by Crippen LogP contribution is 2.29. The fourth-order valence-electron chi connectivity index (χ4n) is 2.06. The van der Waals surface area contributed by atoms with E-state index in [0.29, 0.717) is 0 Å². The minimum Gasteiger partial charge on any atom is -0.480 e. The van der Waals surface area contributed by atoms with Gasteiger partial charge in [0.25, 0.3) is 11.7 Å². The van der Waals surface area contributed by atoms with Crippen molar-refractivity contribution >= 4 is 29.3 Å². The molecule has 0 saturated heterocycles. The molecule has 7 nitrogen and oxygen atoms in total. The van der Waals surface area contributed by atoms with Crippen molar-refractivity contribution in [2.24, 2.45) is 0 Å². The topological polar surface area (TPSA) is 104 Å². The van der Waals surface area contributed by atoms with Crippen LogP contribution in [-0.2, 0) is 14.4 Å². The van der Waals surface area contributed by atoms with Gasteiger partial charge in [-0.3, -0.25) is 14.4 Å². The summed E-state index contributed by atoms with van der Waals surface area (Å²) in [7, 11) is 0. The summed E-state index contributed by atoms with van der Waals surface area (Å²) in [6.07, 6.45) is 0. The fourth-order valence-corrected chi connectivity index (χ4v) is 2.06. The lowest BCUT2D eigenvalue weighted by atomic mass is 10.1. The number of carboxylic acids is 1. The highest BCUT2D eigenvalue weighted by Gasteiger charge is 2.38. The Morgan fingerprint density at radius 2 is 2.05 bits per heavy atom. The first-order chi connectivity index (χ1) is 9.81. The predicted molar refractivity (Wildman–Crippen MR) is 68.3 cm³/mol. The van der Waals surface area contributed by atoms with Crippen molar-refractivity contribution < 1.29 is 28.7 Å². The molecule has 1 aliphatic rings. The number of anilines is 1. The predicted octanol–water partition coefficient (Wildman–Crippen LogP) is -0.0557. The van der Waals surface area contributed by atoms with E-state index >= 15 is 0 Å². The first-order valence-corrected chi connectivity index (χ1v) is 5.97. The molecular weight excluding hydrogens is 283 g/mol. The number of Topliss-reactive ketones (excluding diaryl/α,β-unsaturated/α-hetero) is 1. The Morgan fingerprint density at radius 3 is 2.62 bits per heavy atom. The normalized spacial score (nSPS) is 14.9. The van der Waals surface area contributed by atoms with Gasteiger partial charge in [-0.05, 0) is 18.2 Å². The third-order valence-corrected chi connectivity index (χ3v) is 2.98. The molecule has 1 aromatic carbocycles. The van der Waals surface area contributed by atoms with Crippen molar-refractivity contribution in [2.45, 2.75) is 13.0 Å². The van der Waals surface area contributed by atoms with E-state index in [1.807, 2.05) is 0 Å². The van der Waals surface area contributed by atoms with Crippen molar-refractivity contribution in [3.05, 3.63) is 29.6 Å². The lowest BCUT2D eigenvalue weighted by Gasteiger charge is -2.21. The zero-order chi connectivity index (χ0) is 15.7.